The largest absolute Gasteiger partial charge is 0.382 e. The van der Waals surface area contributed by atoms with E-state index in [4.69, 9.17) is 0 Å². The molecule has 8 nitrogen and oxygen atoms in total. The molecule has 0 aliphatic carbocycles. The molecule has 3 heterocycles. The molecule has 2 aromatic heterocycles. The molecule has 3 N–H and O–H groups in total. The van der Waals surface area contributed by atoms with Gasteiger partial charge in [-0.2, -0.15) is 5.10 Å². The van der Waals surface area contributed by atoms with Crippen molar-refractivity contribution in [3.05, 3.63) is 42.4 Å². The SMILES string of the molecule is CC(C)Nc1c(C(=O)NCCC(=O)N2CCCC2)cnc2ccc(-c3cn[nH]c3)cc12. The predicted molar refractivity (Wildman–Crippen MR) is 121 cm³/mol. The number of H-pyrrole nitrogens is 1. The Morgan fingerprint density at radius 3 is 2.68 bits per heavy atom. The lowest BCUT2D eigenvalue weighted by Crippen LogP contribution is -2.33. The Morgan fingerprint density at radius 2 is 1.97 bits per heavy atom. The number of nitrogens with one attached hydrogen (secondary N) is 3. The van der Waals surface area contributed by atoms with Gasteiger partial charge >= 0.3 is 0 Å². The third kappa shape index (κ3) is 4.68. The van der Waals surface area contributed by atoms with Crippen molar-refractivity contribution in [2.75, 3.05) is 25.0 Å². The number of likely N-dealkylation sites (tertiary alicyclic amines) is 1. The van der Waals surface area contributed by atoms with E-state index in [9.17, 15) is 9.59 Å². The molecule has 0 unspecified atom stereocenters. The van der Waals surface area contributed by atoms with Gasteiger partial charge in [0.1, 0.15) is 0 Å². The van der Waals surface area contributed by atoms with Gasteiger partial charge < -0.3 is 15.5 Å². The molecule has 3 aromatic rings. The molecule has 1 saturated heterocycles. The fraction of sp³-hybridized carbons (Fsp3) is 0.391. The Hall–Kier alpha value is -3.42. The summed E-state index contributed by atoms with van der Waals surface area (Å²) < 4.78 is 0. The summed E-state index contributed by atoms with van der Waals surface area (Å²) in [5.74, 6) is -0.139. The minimum absolute atomic E-state index is 0.0970. The number of aromatic amines is 1. The Balaban J connectivity index is 1.58. The number of hydrogen-bond acceptors (Lipinski definition) is 5. The van der Waals surface area contributed by atoms with Crippen LogP contribution >= 0.6 is 0 Å². The molecule has 0 bridgehead atoms. The highest BCUT2D eigenvalue weighted by atomic mass is 16.2. The smallest absolute Gasteiger partial charge is 0.254 e. The molecule has 0 spiro atoms. The number of hydrogen-bond donors (Lipinski definition) is 3. The molecule has 4 rings (SSSR count). The highest BCUT2D eigenvalue weighted by Gasteiger charge is 2.20. The molecular weight excluding hydrogens is 392 g/mol. The Kier molecular flexibility index (Phi) is 6.16. The fourth-order valence-corrected chi connectivity index (χ4v) is 3.90. The number of benzene rings is 1. The monoisotopic (exact) mass is 420 g/mol. The average molecular weight is 421 g/mol. The van der Waals surface area contributed by atoms with Crippen LogP contribution in [0.1, 0.15) is 43.5 Å². The first kappa shape index (κ1) is 20.8. The van der Waals surface area contributed by atoms with Crippen LogP contribution in [0.4, 0.5) is 5.69 Å². The zero-order valence-corrected chi connectivity index (χ0v) is 17.9. The summed E-state index contributed by atoms with van der Waals surface area (Å²) in [5, 5.41) is 14.0. The van der Waals surface area contributed by atoms with E-state index in [1.54, 1.807) is 12.4 Å². The lowest BCUT2D eigenvalue weighted by Gasteiger charge is -2.18. The van der Waals surface area contributed by atoms with Crippen molar-refractivity contribution in [1.82, 2.24) is 25.4 Å². The molecule has 1 aliphatic rings. The highest BCUT2D eigenvalue weighted by molar-refractivity contribution is 6.08. The van der Waals surface area contributed by atoms with Gasteiger partial charge in [-0.05, 0) is 44.4 Å². The second-order valence-corrected chi connectivity index (χ2v) is 8.16. The summed E-state index contributed by atoms with van der Waals surface area (Å²) in [6, 6.07) is 6.08. The van der Waals surface area contributed by atoms with Crippen molar-refractivity contribution in [2.45, 2.75) is 39.2 Å². The quantitative estimate of drug-likeness (QED) is 0.545. The molecule has 162 valence electrons. The zero-order chi connectivity index (χ0) is 21.8. The maximum Gasteiger partial charge on any atom is 0.254 e. The van der Waals surface area contributed by atoms with E-state index in [0.717, 1.165) is 53.6 Å². The second kappa shape index (κ2) is 9.16. The van der Waals surface area contributed by atoms with E-state index in [-0.39, 0.29) is 17.9 Å². The van der Waals surface area contributed by atoms with E-state index in [0.29, 0.717) is 18.5 Å². The highest BCUT2D eigenvalue weighted by Crippen LogP contribution is 2.31. The van der Waals surface area contributed by atoms with E-state index < -0.39 is 0 Å². The van der Waals surface area contributed by atoms with Crippen molar-refractivity contribution in [1.29, 1.82) is 0 Å². The summed E-state index contributed by atoms with van der Waals surface area (Å²) in [6.07, 6.45) is 7.63. The maximum atomic E-state index is 13.0. The lowest BCUT2D eigenvalue weighted by molar-refractivity contribution is -0.129. The molecule has 0 radical (unpaired) electrons. The number of carbonyl (C=O) groups is 2. The van der Waals surface area contributed by atoms with Crippen LogP contribution in [0.15, 0.2) is 36.8 Å². The van der Waals surface area contributed by atoms with Crippen molar-refractivity contribution < 1.29 is 9.59 Å². The minimum atomic E-state index is -0.236. The standard InChI is InChI=1S/C23H28N6O2/c1-15(2)28-22-18-11-16(17-12-26-27-13-17)5-6-20(18)25-14-19(22)23(31)24-8-7-21(30)29-9-3-4-10-29/h5-6,11-15H,3-4,7-10H2,1-2H3,(H,24,31)(H,25,28)(H,26,27). The molecule has 0 saturated carbocycles. The van der Waals surface area contributed by atoms with Crippen LogP contribution in [-0.4, -0.2) is 57.6 Å². The van der Waals surface area contributed by atoms with Crippen molar-refractivity contribution in [2.24, 2.45) is 0 Å². The normalized spacial score (nSPS) is 13.7. The topological polar surface area (TPSA) is 103 Å². The van der Waals surface area contributed by atoms with Gasteiger partial charge in [0.25, 0.3) is 5.91 Å². The Morgan fingerprint density at radius 1 is 1.16 bits per heavy atom. The molecule has 31 heavy (non-hydrogen) atoms. The van der Waals surface area contributed by atoms with Crippen LogP contribution in [0.2, 0.25) is 0 Å². The zero-order valence-electron chi connectivity index (χ0n) is 17.9. The van der Waals surface area contributed by atoms with Gasteiger partial charge in [-0.3, -0.25) is 19.7 Å². The third-order valence-electron chi connectivity index (χ3n) is 5.46. The number of rotatable bonds is 7. The van der Waals surface area contributed by atoms with Crippen LogP contribution in [0, 0.1) is 0 Å². The van der Waals surface area contributed by atoms with Gasteiger partial charge in [0, 0.05) is 55.4 Å². The molecule has 2 amide bonds. The first-order valence-electron chi connectivity index (χ1n) is 10.8. The van der Waals surface area contributed by atoms with Crippen LogP contribution in [-0.2, 0) is 4.79 Å². The summed E-state index contributed by atoms with van der Waals surface area (Å²) >= 11 is 0. The van der Waals surface area contributed by atoms with Gasteiger partial charge in [0.2, 0.25) is 5.91 Å². The Labute approximate surface area is 181 Å². The van der Waals surface area contributed by atoms with Gasteiger partial charge in [-0.1, -0.05) is 6.07 Å². The maximum absolute atomic E-state index is 13.0. The molecule has 0 atom stereocenters. The molecule has 1 aliphatic heterocycles. The fourth-order valence-electron chi connectivity index (χ4n) is 3.90. The second-order valence-electron chi connectivity index (χ2n) is 8.16. The summed E-state index contributed by atoms with van der Waals surface area (Å²) in [5.41, 5.74) is 3.97. The molecule has 8 heteroatoms. The number of anilines is 1. The summed E-state index contributed by atoms with van der Waals surface area (Å²) in [7, 11) is 0. The molecule has 1 aromatic carbocycles. The predicted octanol–water partition coefficient (Wildman–Crippen LogP) is 3.19. The van der Waals surface area contributed by atoms with E-state index >= 15 is 0 Å². The van der Waals surface area contributed by atoms with Crippen LogP contribution in [0.3, 0.4) is 0 Å². The number of aromatic nitrogens is 3. The number of pyridine rings is 1. The van der Waals surface area contributed by atoms with Crippen LogP contribution < -0.4 is 10.6 Å². The lowest BCUT2D eigenvalue weighted by atomic mass is 10.0. The van der Waals surface area contributed by atoms with Gasteiger partial charge in [0.05, 0.1) is 23.0 Å². The van der Waals surface area contributed by atoms with Gasteiger partial charge in [-0.15, -0.1) is 0 Å². The third-order valence-corrected chi connectivity index (χ3v) is 5.46. The van der Waals surface area contributed by atoms with Crippen molar-refractivity contribution in [3.63, 3.8) is 0 Å². The van der Waals surface area contributed by atoms with E-state index in [1.165, 1.54) is 0 Å². The first-order valence-corrected chi connectivity index (χ1v) is 10.8. The number of carbonyl (C=O) groups excluding carboxylic acids is 2. The first-order chi connectivity index (χ1) is 15.0. The van der Waals surface area contributed by atoms with Crippen molar-refractivity contribution >= 4 is 28.4 Å². The number of fused-ring (bicyclic) bond motifs is 1. The summed E-state index contributed by atoms with van der Waals surface area (Å²) in [4.78, 5) is 31.6. The number of nitrogens with zero attached hydrogens (tertiary/aromatic N) is 3. The minimum Gasteiger partial charge on any atom is -0.382 e. The summed E-state index contributed by atoms with van der Waals surface area (Å²) in [6.45, 7) is 6.01. The van der Waals surface area contributed by atoms with Crippen molar-refractivity contribution in [3.8, 4) is 11.1 Å². The van der Waals surface area contributed by atoms with E-state index in [1.807, 2.05) is 43.1 Å². The van der Waals surface area contributed by atoms with Crippen LogP contribution in [0.25, 0.3) is 22.0 Å². The Bertz CT molecular complexity index is 1070. The molecular formula is C23H28N6O2. The van der Waals surface area contributed by atoms with Gasteiger partial charge in [-0.25, -0.2) is 0 Å². The van der Waals surface area contributed by atoms with Gasteiger partial charge in [0.15, 0.2) is 0 Å². The van der Waals surface area contributed by atoms with Crippen LogP contribution in [0.5, 0.6) is 0 Å². The van der Waals surface area contributed by atoms with E-state index in [2.05, 4.69) is 25.8 Å². The molecule has 1 fully saturated rings. The average Bonchev–Trinajstić information content (AvgIpc) is 3.47. The number of amides is 2.